The van der Waals surface area contributed by atoms with E-state index in [1.54, 1.807) is 35.6 Å². The molecule has 1 aromatic carbocycles. The minimum atomic E-state index is -3.56. The Morgan fingerprint density at radius 1 is 1.11 bits per heavy atom. The van der Waals surface area contributed by atoms with Crippen LogP contribution in [0.5, 0.6) is 5.75 Å². The lowest BCUT2D eigenvalue weighted by Crippen LogP contribution is -2.38. The molecule has 1 aliphatic heterocycles. The summed E-state index contributed by atoms with van der Waals surface area (Å²) in [6.45, 7) is 5.09. The lowest BCUT2D eigenvalue weighted by Gasteiger charge is -2.30. The van der Waals surface area contributed by atoms with E-state index in [4.69, 9.17) is 4.74 Å². The molecule has 2 heterocycles. The van der Waals surface area contributed by atoms with Gasteiger partial charge in [0.1, 0.15) is 5.75 Å². The molecule has 1 atom stereocenters. The molecule has 1 saturated heterocycles. The van der Waals surface area contributed by atoms with Crippen molar-refractivity contribution in [2.75, 3.05) is 26.2 Å². The van der Waals surface area contributed by atoms with Gasteiger partial charge in [-0.2, -0.15) is 11.3 Å². The molecule has 7 heteroatoms. The van der Waals surface area contributed by atoms with Crippen LogP contribution in [0, 0.1) is 0 Å². The van der Waals surface area contributed by atoms with Crippen LogP contribution in [0.4, 0.5) is 0 Å². The van der Waals surface area contributed by atoms with Crippen molar-refractivity contribution in [3.63, 3.8) is 0 Å². The van der Waals surface area contributed by atoms with Crippen molar-refractivity contribution in [1.82, 2.24) is 9.62 Å². The summed E-state index contributed by atoms with van der Waals surface area (Å²) in [6, 6.07) is 8.84. The topological polar surface area (TPSA) is 58.6 Å². The first-order chi connectivity index (χ1) is 13.6. The predicted molar refractivity (Wildman–Crippen MR) is 115 cm³/mol. The molecule has 0 bridgehead atoms. The maximum absolute atomic E-state index is 12.8. The average molecular weight is 423 g/mol. The predicted octanol–water partition coefficient (Wildman–Crippen LogP) is 4.43. The molecule has 0 spiro atoms. The Kier molecular flexibility index (Phi) is 7.91. The summed E-state index contributed by atoms with van der Waals surface area (Å²) in [6.07, 6.45) is 5.78. The number of ether oxygens (including phenoxy) is 1. The van der Waals surface area contributed by atoms with Gasteiger partial charge in [-0.1, -0.05) is 19.8 Å². The van der Waals surface area contributed by atoms with Crippen molar-refractivity contribution in [3.05, 3.63) is 46.7 Å². The first kappa shape index (κ1) is 21.3. The molecule has 28 heavy (non-hydrogen) atoms. The fourth-order valence-corrected chi connectivity index (χ4v) is 5.28. The molecule has 1 aliphatic rings. The summed E-state index contributed by atoms with van der Waals surface area (Å²) < 4.78 is 34.0. The molecular weight excluding hydrogens is 392 g/mol. The molecule has 0 aliphatic carbocycles. The normalized spacial score (nSPS) is 17.2. The molecule has 0 amide bonds. The van der Waals surface area contributed by atoms with Gasteiger partial charge >= 0.3 is 0 Å². The summed E-state index contributed by atoms with van der Waals surface area (Å²) in [4.78, 5) is 2.70. The van der Waals surface area contributed by atoms with Crippen LogP contribution in [-0.2, 0) is 10.0 Å². The molecular formula is C21H30N2O3S2. The maximum Gasteiger partial charge on any atom is 0.240 e. The van der Waals surface area contributed by atoms with Crippen molar-refractivity contribution in [2.24, 2.45) is 0 Å². The number of sulfonamides is 1. The zero-order valence-electron chi connectivity index (χ0n) is 16.5. The van der Waals surface area contributed by atoms with E-state index < -0.39 is 10.0 Å². The molecule has 2 aromatic rings. The first-order valence-corrected chi connectivity index (χ1v) is 12.5. The summed E-state index contributed by atoms with van der Waals surface area (Å²) in [7, 11) is -3.56. The van der Waals surface area contributed by atoms with Gasteiger partial charge in [-0.3, -0.25) is 4.90 Å². The van der Waals surface area contributed by atoms with Crippen LogP contribution in [0.15, 0.2) is 46.0 Å². The van der Waals surface area contributed by atoms with E-state index >= 15 is 0 Å². The number of nitrogens with zero attached hydrogens (tertiary/aromatic N) is 1. The van der Waals surface area contributed by atoms with E-state index in [0.29, 0.717) is 18.9 Å². The van der Waals surface area contributed by atoms with Crippen LogP contribution in [0.3, 0.4) is 0 Å². The third-order valence-corrected chi connectivity index (χ3v) is 7.22. The molecule has 1 unspecified atom stereocenters. The van der Waals surface area contributed by atoms with Gasteiger partial charge in [-0.05, 0) is 79.0 Å². The fourth-order valence-electron chi connectivity index (χ4n) is 3.54. The molecule has 0 radical (unpaired) electrons. The van der Waals surface area contributed by atoms with Gasteiger partial charge in [0.25, 0.3) is 0 Å². The van der Waals surface area contributed by atoms with E-state index in [1.807, 2.05) is 6.92 Å². The van der Waals surface area contributed by atoms with E-state index in [2.05, 4.69) is 26.4 Å². The quantitative estimate of drug-likeness (QED) is 0.649. The second-order valence-corrected chi connectivity index (χ2v) is 9.74. The lowest BCUT2D eigenvalue weighted by atomic mass is 10.1. The van der Waals surface area contributed by atoms with Crippen molar-refractivity contribution in [2.45, 2.75) is 50.0 Å². The molecule has 3 rings (SSSR count). The highest BCUT2D eigenvalue weighted by atomic mass is 32.2. The van der Waals surface area contributed by atoms with Gasteiger partial charge in [0.2, 0.25) is 10.0 Å². The number of hydrogen-bond donors (Lipinski definition) is 1. The zero-order valence-corrected chi connectivity index (χ0v) is 18.1. The Balaban J connectivity index is 1.69. The standard InChI is InChI=1S/C21H30N2O3S2/c1-2-14-26-19-7-9-20(10-8-19)28(24,25)22-16-21(18-11-15-27-17-18)23-12-5-3-4-6-13-23/h7-11,15,17,21-22H,2-6,12-14,16H2,1H3. The Morgan fingerprint density at radius 3 is 2.43 bits per heavy atom. The number of benzene rings is 1. The molecule has 5 nitrogen and oxygen atoms in total. The van der Waals surface area contributed by atoms with Crippen LogP contribution < -0.4 is 9.46 Å². The zero-order chi connectivity index (χ0) is 19.8. The second kappa shape index (κ2) is 10.4. The van der Waals surface area contributed by atoms with Gasteiger partial charge in [-0.25, -0.2) is 13.1 Å². The highest BCUT2D eigenvalue weighted by Crippen LogP contribution is 2.26. The van der Waals surface area contributed by atoms with Gasteiger partial charge in [-0.15, -0.1) is 0 Å². The van der Waals surface area contributed by atoms with Crippen molar-refractivity contribution in [1.29, 1.82) is 0 Å². The van der Waals surface area contributed by atoms with Crippen molar-refractivity contribution in [3.8, 4) is 5.75 Å². The van der Waals surface area contributed by atoms with Crippen LogP contribution in [0.1, 0.15) is 50.6 Å². The second-order valence-electron chi connectivity index (χ2n) is 7.19. The SMILES string of the molecule is CCCOc1ccc(S(=O)(=O)NCC(c2ccsc2)N2CCCCCC2)cc1. The highest BCUT2D eigenvalue weighted by Gasteiger charge is 2.24. The van der Waals surface area contributed by atoms with Gasteiger partial charge in [0.15, 0.2) is 0 Å². The van der Waals surface area contributed by atoms with Crippen molar-refractivity contribution >= 4 is 21.4 Å². The van der Waals surface area contributed by atoms with Crippen LogP contribution in [-0.4, -0.2) is 39.6 Å². The van der Waals surface area contributed by atoms with E-state index in [1.165, 1.54) is 31.2 Å². The summed E-state index contributed by atoms with van der Waals surface area (Å²) in [5.41, 5.74) is 1.19. The number of hydrogen-bond acceptors (Lipinski definition) is 5. The number of rotatable bonds is 9. The Labute approximate surface area is 172 Å². The monoisotopic (exact) mass is 422 g/mol. The molecule has 154 valence electrons. The first-order valence-electron chi connectivity index (χ1n) is 10.1. The maximum atomic E-state index is 12.8. The fraction of sp³-hybridized carbons (Fsp3) is 0.524. The summed E-state index contributed by atoms with van der Waals surface area (Å²) >= 11 is 1.66. The molecule has 1 fully saturated rings. The minimum Gasteiger partial charge on any atom is -0.494 e. The lowest BCUT2D eigenvalue weighted by molar-refractivity contribution is 0.206. The Hall–Kier alpha value is -1.41. The van der Waals surface area contributed by atoms with E-state index in [-0.39, 0.29) is 10.9 Å². The molecule has 1 N–H and O–H groups in total. The van der Waals surface area contributed by atoms with Gasteiger partial charge < -0.3 is 4.74 Å². The van der Waals surface area contributed by atoms with Crippen LogP contribution >= 0.6 is 11.3 Å². The number of thiophene rings is 1. The Bertz CT molecular complexity index is 797. The smallest absolute Gasteiger partial charge is 0.240 e. The average Bonchev–Trinajstić information content (AvgIpc) is 3.09. The van der Waals surface area contributed by atoms with Crippen LogP contribution in [0.25, 0.3) is 0 Å². The largest absolute Gasteiger partial charge is 0.494 e. The minimum absolute atomic E-state index is 0.0753. The highest BCUT2D eigenvalue weighted by molar-refractivity contribution is 7.89. The number of nitrogens with one attached hydrogen (secondary N) is 1. The summed E-state index contributed by atoms with van der Waals surface area (Å²) in [5.74, 6) is 0.696. The van der Waals surface area contributed by atoms with Gasteiger partial charge in [0.05, 0.1) is 11.5 Å². The molecule has 0 saturated carbocycles. The Morgan fingerprint density at radius 2 is 1.82 bits per heavy atom. The summed E-state index contributed by atoms with van der Waals surface area (Å²) in [5, 5.41) is 4.19. The van der Waals surface area contributed by atoms with E-state index in [9.17, 15) is 8.42 Å². The van der Waals surface area contributed by atoms with Crippen LogP contribution in [0.2, 0.25) is 0 Å². The molecule has 1 aromatic heterocycles. The third-order valence-electron chi connectivity index (χ3n) is 5.08. The van der Waals surface area contributed by atoms with Gasteiger partial charge in [0, 0.05) is 12.6 Å². The third kappa shape index (κ3) is 5.80. The van der Waals surface area contributed by atoms with E-state index in [0.717, 1.165) is 19.5 Å². The van der Waals surface area contributed by atoms with Crippen molar-refractivity contribution < 1.29 is 13.2 Å². The number of likely N-dealkylation sites (tertiary alicyclic amines) is 1.